The van der Waals surface area contributed by atoms with Crippen molar-refractivity contribution in [1.29, 1.82) is 0 Å². The average Bonchev–Trinajstić information content (AvgIpc) is 2.46. The van der Waals surface area contributed by atoms with Crippen molar-refractivity contribution in [2.45, 2.75) is 0 Å². The van der Waals surface area contributed by atoms with E-state index in [-0.39, 0.29) is 0 Å². The van der Waals surface area contributed by atoms with Crippen LogP contribution in [0.3, 0.4) is 0 Å². The van der Waals surface area contributed by atoms with Crippen LogP contribution in [0, 0.1) is 0 Å². The van der Waals surface area contributed by atoms with Crippen molar-refractivity contribution in [2.75, 3.05) is 0 Å². The molecule has 2 aromatic rings. The van der Waals surface area contributed by atoms with Gasteiger partial charge in [-0.05, 0) is 22.8 Å². The molecule has 2 aromatic carbocycles. The van der Waals surface area contributed by atoms with Gasteiger partial charge in [-0.1, -0.05) is 66.8 Å². The molecule has 0 heterocycles. The Hall–Kier alpha value is -2.26. The molecule has 0 aliphatic heterocycles. The first-order valence-electron chi connectivity index (χ1n) is 5.77. The summed E-state index contributed by atoms with van der Waals surface area (Å²) in [5, 5.41) is 8.56. The van der Waals surface area contributed by atoms with Gasteiger partial charge in [0.2, 0.25) is 0 Å². The van der Waals surface area contributed by atoms with E-state index in [0.29, 0.717) is 4.86 Å². The Morgan fingerprint density at radius 3 is 2.05 bits per heavy atom. The highest BCUT2D eigenvalue weighted by Gasteiger charge is 2.00. The molecule has 0 unspecified atom stereocenters. The normalized spacial score (nSPS) is 10.5. The fraction of sp³-hybridized carbons (Fsp3) is 0. The van der Waals surface area contributed by atoms with Gasteiger partial charge in [0.15, 0.2) is 0 Å². The molecule has 0 radical (unpaired) electrons. The van der Waals surface area contributed by atoms with Gasteiger partial charge >= 0.3 is 5.97 Å². The first-order valence-corrected chi connectivity index (χ1v) is 6.18. The van der Waals surface area contributed by atoms with Crippen LogP contribution in [0.25, 0.3) is 11.1 Å². The van der Waals surface area contributed by atoms with Crippen molar-refractivity contribution < 1.29 is 9.90 Å². The number of allylic oxidation sites excluding steroid dienone is 1. The van der Waals surface area contributed by atoms with E-state index < -0.39 is 5.97 Å². The molecule has 2 rings (SSSR count). The van der Waals surface area contributed by atoms with E-state index in [1.54, 1.807) is 0 Å². The van der Waals surface area contributed by atoms with E-state index in [4.69, 9.17) is 17.3 Å². The minimum atomic E-state index is -0.997. The Labute approximate surface area is 117 Å². The number of rotatable bonds is 4. The quantitative estimate of drug-likeness (QED) is 0.522. The lowest BCUT2D eigenvalue weighted by molar-refractivity contribution is -0.131. The highest BCUT2D eigenvalue weighted by Crippen LogP contribution is 2.19. The SMILES string of the molecule is O=C(O)C=CC(=S)c1ccc(-c2ccccc2)cc1. The summed E-state index contributed by atoms with van der Waals surface area (Å²) in [5.74, 6) is -0.997. The molecule has 0 saturated heterocycles. The van der Waals surface area contributed by atoms with Gasteiger partial charge in [0, 0.05) is 10.9 Å². The van der Waals surface area contributed by atoms with E-state index in [1.807, 2.05) is 54.6 Å². The second-order valence-corrected chi connectivity index (χ2v) is 4.42. The van der Waals surface area contributed by atoms with Gasteiger partial charge in [0.1, 0.15) is 0 Å². The molecule has 0 saturated carbocycles. The van der Waals surface area contributed by atoms with Crippen molar-refractivity contribution in [3.63, 3.8) is 0 Å². The van der Waals surface area contributed by atoms with Crippen molar-refractivity contribution in [2.24, 2.45) is 0 Å². The van der Waals surface area contributed by atoms with E-state index in [2.05, 4.69) is 0 Å². The molecule has 1 N–H and O–H groups in total. The van der Waals surface area contributed by atoms with Gasteiger partial charge in [0.05, 0.1) is 0 Å². The van der Waals surface area contributed by atoms with E-state index in [9.17, 15) is 4.79 Å². The molecule has 0 bridgehead atoms. The zero-order valence-corrected chi connectivity index (χ0v) is 10.9. The highest BCUT2D eigenvalue weighted by molar-refractivity contribution is 7.81. The van der Waals surface area contributed by atoms with E-state index in [1.165, 1.54) is 6.08 Å². The Kier molecular flexibility index (Phi) is 4.21. The number of carboxylic acid groups (broad SMARTS) is 1. The molecule has 0 amide bonds. The molecule has 3 heteroatoms. The molecule has 19 heavy (non-hydrogen) atoms. The summed E-state index contributed by atoms with van der Waals surface area (Å²) in [6.45, 7) is 0. The third-order valence-corrected chi connectivity index (χ3v) is 3.03. The molecule has 0 fully saturated rings. The number of hydrogen-bond donors (Lipinski definition) is 1. The molecule has 94 valence electrons. The number of aliphatic carboxylic acids is 1. The van der Waals surface area contributed by atoms with Crippen LogP contribution in [0.15, 0.2) is 66.7 Å². The van der Waals surface area contributed by atoms with Crippen LogP contribution in [-0.4, -0.2) is 15.9 Å². The first kappa shape index (κ1) is 13.2. The van der Waals surface area contributed by atoms with Gasteiger partial charge in [-0.3, -0.25) is 0 Å². The van der Waals surface area contributed by atoms with Crippen LogP contribution in [0.4, 0.5) is 0 Å². The van der Waals surface area contributed by atoms with Gasteiger partial charge in [-0.25, -0.2) is 4.79 Å². The summed E-state index contributed by atoms with van der Waals surface area (Å²) in [6, 6.07) is 17.8. The molecule has 0 aliphatic carbocycles. The van der Waals surface area contributed by atoms with Crippen LogP contribution in [0.5, 0.6) is 0 Å². The minimum Gasteiger partial charge on any atom is -0.478 e. The lowest BCUT2D eigenvalue weighted by Gasteiger charge is -2.03. The smallest absolute Gasteiger partial charge is 0.328 e. The third-order valence-electron chi connectivity index (χ3n) is 2.65. The molecule has 2 nitrogen and oxygen atoms in total. The van der Waals surface area contributed by atoms with Crippen LogP contribution in [0.2, 0.25) is 0 Å². The summed E-state index contributed by atoms with van der Waals surface area (Å²) in [6.07, 6.45) is 2.47. The van der Waals surface area contributed by atoms with Crippen molar-refractivity contribution >= 4 is 23.1 Å². The van der Waals surface area contributed by atoms with Crippen LogP contribution in [0.1, 0.15) is 5.56 Å². The molecular weight excluding hydrogens is 256 g/mol. The second kappa shape index (κ2) is 6.07. The van der Waals surface area contributed by atoms with Gasteiger partial charge in [0.25, 0.3) is 0 Å². The number of thiocarbonyl (C=S) groups is 1. The zero-order valence-electron chi connectivity index (χ0n) is 10.1. The Morgan fingerprint density at radius 1 is 0.895 bits per heavy atom. The van der Waals surface area contributed by atoms with Crippen LogP contribution >= 0.6 is 12.2 Å². The minimum absolute atomic E-state index is 0.516. The molecule has 0 aliphatic rings. The molecule has 0 atom stereocenters. The van der Waals surface area contributed by atoms with Crippen LogP contribution < -0.4 is 0 Å². The summed E-state index contributed by atoms with van der Waals surface area (Å²) in [5.41, 5.74) is 3.09. The summed E-state index contributed by atoms with van der Waals surface area (Å²) >= 11 is 5.15. The molecular formula is C16H12O2S. The highest BCUT2D eigenvalue weighted by atomic mass is 32.1. The summed E-state index contributed by atoms with van der Waals surface area (Å²) in [7, 11) is 0. The molecule has 0 spiro atoms. The summed E-state index contributed by atoms with van der Waals surface area (Å²) < 4.78 is 0. The maximum atomic E-state index is 10.4. The Bertz CT molecular complexity index is 613. The second-order valence-electron chi connectivity index (χ2n) is 3.98. The number of hydrogen-bond acceptors (Lipinski definition) is 2. The topological polar surface area (TPSA) is 37.3 Å². The predicted octanol–water partition coefficient (Wildman–Crippen LogP) is 3.71. The number of carboxylic acids is 1. The van der Waals surface area contributed by atoms with Crippen molar-refractivity contribution in [1.82, 2.24) is 0 Å². The number of carbonyl (C=O) groups is 1. The third kappa shape index (κ3) is 3.60. The number of benzene rings is 2. The van der Waals surface area contributed by atoms with Crippen LogP contribution in [-0.2, 0) is 4.79 Å². The lowest BCUT2D eigenvalue weighted by atomic mass is 10.0. The Balaban J connectivity index is 2.19. The van der Waals surface area contributed by atoms with Crippen molar-refractivity contribution in [3.05, 3.63) is 72.3 Å². The monoisotopic (exact) mass is 268 g/mol. The fourth-order valence-electron chi connectivity index (χ4n) is 1.70. The van der Waals surface area contributed by atoms with Crippen molar-refractivity contribution in [3.8, 4) is 11.1 Å². The fourth-order valence-corrected chi connectivity index (χ4v) is 1.90. The Morgan fingerprint density at radius 2 is 1.47 bits per heavy atom. The maximum absolute atomic E-state index is 10.4. The van der Waals surface area contributed by atoms with Gasteiger partial charge < -0.3 is 5.11 Å². The van der Waals surface area contributed by atoms with Gasteiger partial charge in [-0.2, -0.15) is 0 Å². The summed E-state index contributed by atoms with van der Waals surface area (Å²) in [4.78, 5) is 10.9. The largest absolute Gasteiger partial charge is 0.478 e. The standard InChI is InChI=1S/C16H12O2S/c17-16(18)11-10-15(19)14-8-6-13(7-9-14)12-4-2-1-3-5-12/h1-11H,(H,17,18). The average molecular weight is 268 g/mol. The van der Waals surface area contributed by atoms with Gasteiger partial charge in [-0.15, -0.1) is 0 Å². The van der Waals surface area contributed by atoms with E-state index >= 15 is 0 Å². The lowest BCUT2D eigenvalue weighted by Crippen LogP contribution is -1.95. The predicted molar refractivity (Wildman–Crippen MR) is 80.4 cm³/mol. The molecule has 0 aromatic heterocycles. The van der Waals surface area contributed by atoms with E-state index in [0.717, 1.165) is 22.8 Å². The zero-order chi connectivity index (χ0) is 13.7. The first-order chi connectivity index (χ1) is 9.16. The maximum Gasteiger partial charge on any atom is 0.328 e.